The van der Waals surface area contributed by atoms with Gasteiger partial charge in [-0.3, -0.25) is 0 Å². The lowest BCUT2D eigenvalue weighted by Crippen LogP contribution is -1.92. The molecule has 0 aliphatic heterocycles. The topological polar surface area (TPSA) is 37.3 Å². The van der Waals surface area contributed by atoms with Crippen LogP contribution in [0.25, 0.3) is 0 Å². The lowest BCUT2D eigenvalue weighted by Gasteiger charge is -2.09. The smallest absolute Gasteiger partial charge is 0.328 e. The number of unbranched alkanes of at least 4 members (excludes halogenated alkanes) is 22. The number of carboxylic acid groups (broad SMARTS) is 1. The van der Waals surface area contributed by atoms with Crippen LogP contribution in [0.15, 0.2) is 23.3 Å². The van der Waals surface area contributed by atoms with E-state index in [-0.39, 0.29) is 0 Å². The number of hydrogen-bond acceptors (Lipinski definition) is 1. The van der Waals surface area contributed by atoms with Gasteiger partial charge in [-0.1, -0.05) is 167 Å². The first-order valence-corrected chi connectivity index (χ1v) is 16.2. The molecule has 0 fully saturated rings. The molecule has 0 bridgehead atoms. The molecule has 212 valence electrons. The van der Waals surface area contributed by atoms with Gasteiger partial charge in [0.05, 0.1) is 0 Å². The van der Waals surface area contributed by atoms with Gasteiger partial charge in [0, 0.05) is 6.08 Å². The number of hydrogen-bond donors (Lipinski definition) is 1. The molecule has 0 aromatic rings. The number of carboxylic acids is 1. The molecule has 0 aliphatic carbocycles. The Labute approximate surface area is 226 Å². The van der Waals surface area contributed by atoms with Crippen LogP contribution in [0.5, 0.6) is 0 Å². The third-order valence-corrected chi connectivity index (χ3v) is 7.49. The van der Waals surface area contributed by atoms with Crippen LogP contribution in [-0.4, -0.2) is 11.1 Å². The van der Waals surface area contributed by atoms with Crippen molar-refractivity contribution in [3.63, 3.8) is 0 Å². The van der Waals surface area contributed by atoms with E-state index in [1.165, 1.54) is 166 Å². The van der Waals surface area contributed by atoms with Gasteiger partial charge in [-0.05, 0) is 38.2 Å². The van der Waals surface area contributed by atoms with E-state index < -0.39 is 5.97 Å². The Kier molecular flexibility index (Phi) is 27.7. The van der Waals surface area contributed by atoms with Crippen LogP contribution in [0.4, 0.5) is 0 Å². The first kappa shape index (κ1) is 35.0. The SMILES string of the molecule is CCCCCCCCCCCCCCC(=C/C(C)=C/C(=O)O)CCCCCCCCCCCCCC. The lowest BCUT2D eigenvalue weighted by molar-refractivity contribution is -0.131. The molecule has 36 heavy (non-hydrogen) atoms. The molecule has 2 heteroatoms. The fourth-order valence-corrected chi connectivity index (χ4v) is 5.21. The number of rotatable bonds is 28. The highest BCUT2D eigenvalue weighted by Crippen LogP contribution is 2.21. The average molecular weight is 505 g/mol. The van der Waals surface area contributed by atoms with Crippen molar-refractivity contribution in [2.45, 2.75) is 188 Å². The van der Waals surface area contributed by atoms with Gasteiger partial charge in [0.1, 0.15) is 0 Å². The van der Waals surface area contributed by atoms with E-state index in [4.69, 9.17) is 5.11 Å². The predicted octanol–water partition coefficient (Wildman–Crippen LogP) is 12.1. The van der Waals surface area contributed by atoms with E-state index in [1.54, 1.807) is 0 Å². The Hall–Kier alpha value is -1.05. The molecule has 0 rings (SSSR count). The van der Waals surface area contributed by atoms with Gasteiger partial charge in [0.25, 0.3) is 0 Å². The number of aliphatic carboxylic acids is 1. The van der Waals surface area contributed by atoms with Gasteiger partial charge in [0.2, 0.25) is 0 Å². The Morgan fingerprint density at radius 2 is 0.750 bits per heavy atom. The highest BCUT2D eigenvalue weighted by Gasteiger charge is 2.02. The van der Waals surface area contributed by atoms with Crippen LogP contribution in [0.2, 0.25) is 0 Å². The molecular formula is C34H64O2. The molecule has 0 aromatic carbocycles. The molecule has 2 nitrogen and oxygen atoms in total. The summed E-state index contributed by atoms with van der Waals surface area (Å²) in [6.45, 7) is 6.50. The second-order valence-corrected chi connectivity index (χ2v) is 11.3. The molecule has 0 saturated heterocycles. The van der Waals surface area contributed by atoms with E-state index in [2.05, 4.69) is 19.9 Å². The highest BCUT2D eigenvalue weighted by molar-refractivity contribution is 5.81. The quantitative estimate of drug-likeness (QED) is 0.0653. The maximum Gasteiger partial charge on any atom is 0.328 e. The third kappa shape index (κ3) is 27.5. The van der Waals surface area contributed by atoms with E-state index >= 15 is 0 Å². The van der Waals surface area contributed by atoms with Gasteiger partial charge in [-0.25, -0.2) is 4.79 Å². The zero-order chi connectivity index (χ0) is 26.5. The molecular weight excluding hydrogens is 440 g/mol. The highest BCUT2D eigenvalue weighted by atomic mass is 16.4. The largest absolute Gasteiger partial charge is 0.478 e. The zero-order valence-electron chi connectivity index (χ0n) is 24.9. The van der Waals surface area contributed by atoms with Crippen LogP contribution in [0, 0.1) is 0 Å². The summed E-state index contributed by atoms with van der Waals surface area (Å²) in [5.74, 6) is -0.834. The Balaban J connectivity index is 3.94. The summed E-state index contributed by atoms with van der Waals surface area (Å²) in [5, 5.41) is 9.07. The van der Waals surface area contributed by atoms with Gasteiger partial charge in [-0.2, -0.15) is 0 Å². The molecule has 0 saturated carbocycles. The van der Waals surface area contributed by atoms with Crippen LogP contribution in [-0.2, 0) is 4.79 Å². The van der Waals surface area contributed by atoms with E-state index in [1.807, 2.05) is 6.92 Å². The third-order valence-electron chi connectivity index (χ3n) is 7.49. The van der Waals surface area contributed by atoms with Crippen molar-refractivity contribution in [2.75, 3.05) is 0 Å². The maximum atomic E-state index is 11.0. The number of carbonyl (C=O) groups is 1. The van der Waals surface area contributed by atoms with E-state index in [9.17, 15) is 4.79 Å². The van der Waals surface area contributed by atoms with Crippen molar-refractivity contribution in [3.05, 3.63) is 23.3 Å². The van der Waals surface area contributed by atoms with Crippen LogP contribution in [0.3, 0.4) is 0 Å². The summed E-state index contributed by atoms with van der Waals surface area (Å²) >= 11 is 0. The van der Waals surface area contributed by atoms with Crippen molar-refractivity contribution < 1.29 is 9.90 Å². The van der Waals surface area contributed by atoms with Crippen molar-refractivity contribution in [2.24, 2.45) is 0 Å². The van der Waals surface area contributed by atoms with Gasteiger partial charge in [0.15, 0.2) is 0 Å². The first-order valence-electron chi connectivity index (χ1n) is 16.2. The van der Waals surface area contributed by atoms with Gasteiger partial charge >= 0.3 is 5.97 Å². The lowest BCUT2D eigenvalue weighted by atomic mass is 9.97. The molecule has 0 aromatic heterocycles. The van der Waals surface area contributed by atoms with Crippen molar-refractivity contribution in [1.29, 1.82) is 0 Å². The Morgan fingerprint density at radius 1 is 0.472 bits per heavy atom. The molecule has 0 spiro atoms. The Morgan fingerprint density at radius 3 is 1.03 bits per heavy atom. The molecule has 0 aliphatic rings. The van der Waals surface area contributed by atoms with Gasteiger partial charge in [-0.15, -0.1) is 0 Å². The maximum absolute atomic E-state index is 11.0. The molecule has 1 N–H and O–H groups in total. The van der Waals surface area contributed by atoms with Crippen molar-refractivity contribution in [3.8, 4) is 0 Å². The average Bonchev–Trinajstić information content (AvgIpc) is 2.84. The minimum Gasteiger partial charge on any atom is -0.478 e. The van der Waals surface area contributed by atoms with Crippen LogP contribution < -0.4 is 0 Å². The molecule has 0 atom stereocenters. The molecule has 0 radical (unpaired) electrons. The minimum absolute atomic E-state index is 0.834. The predicted molar refractivity (Wildman–Crippen MR) is 161 cm³/mol. The Bertz CT molecular complexity index is 501. The van der Waals surface area contributed by atoms with Crippen molar-refractivity contribution in [1.82, 2.24) is 0 Å². The first-order chi connectivity index (χ1) is 17.6. The molecule has 0 unspecified atom stereocenters. The number of allylic oxidation sites excluding steroid dienone is 3. The fourth-order valence-electron chi connectivity index (χ4n) is 5.21. The summed E-state index contributed by atoms with van der Waals surface area (Å²) in [4.78, 5) is 11.0. The monoisotopic (exact) mass is 504 g/mol. The van der Waals surface area contributed by atoms with Crippen LogP contribution >= 0.6 is 0 Å². The normalized spacial score (nSPS) is 11.7. The molecule has 0 heterocycles. The van der Waals surface area contributed by atoms with Crippen molar-refractivity contribution >= 4 is 5.97 Å². The van der Waals surface area contributed by atoms with E-state index in [0.717, 1.165) is 18.4 Å². The summed E-state index contributed by atoms with van der Waals surface area (Å²) in [6.07, 6.45) is 38.9. The standard InChI is InChI=1S/C34H64O2/c1-4-6-8-10-12-14-16-18-20-22-24-26-28-33(30-32(3)31-34(35)36)29-27-25-23-21-19-17-15-13-11-9-7-5-2/h30-31H,4-29H2,1-3H3,(H,35,36)/b32-31+. The van der Waals surface area contributed by atoms with Gasteiger partial charge < -0.3 is 5.11 Å². The second-order valence-electron chi connectivity index (χ2n) is 11.3. The summed E-state index contributed by atoms with van der Waals surface area (Å²) in [6, 6.07) is 0. The summed E-state index contributed by atoms with van der Waals surface area (Å²) < 4.78 is 0. The molecule has 0 amide bonds. The second kappa shape index (κ2) is 28.5. The minimum atomic E-state index is -0.834. The fraction of sp³-hybridized carbons (Fsp3) is 0.853. The zero-order valence-corrected chi connectivity index (χ0v) is 24.9. The van der Waals surface area contributed by atoms with Crippen LogP contribution in [0.1, 0.15) is 188 Å². The summed E-state index contributed by atoms with van der Waals surface area (Å²) in [7, 11) is 0. The van der Waals surface area contributed by atoms with E-state index in [0.29, 0.717) is 0 Å². The summed E-state index contributed by atoms with van der Waals surface area (Å²) in [5.41, 5.74) is 2.35.